The lowest BCUT2D eigenvalue weighted by Crippen LogP contribution is -2.35. The van der Waals surface area contributed by atoms with E-state index in [1.165, 1.54) is 6.92 Å². The molecule has 7 heteroatoms. The van der Waals surface area contributed by atoms with Crippen molar-refractivity contribution in [3.05, 3.63) is 58.1 Å². The van der Waals surface area contributed by atoms with Crippen LogP contribution in [0.2, 0.25) is 10.0 Å². The average molecular weight is 396 g/mol. The van der Waals surface area contributed by atoms with Crippen molar-refractivity contribution in [2.45, 2.75) is 33.0 Å². The van der Waals surface area contributed by atoms with Crippen molar-refractivity contribution in [3.63, 3.8) is 0 Å². The highest BCUT2D eigenvalue weighted by Crippen LogP contribution is 2.30. The van der Waals surface area contributed by atoms with Crippen LogP contribution in [0.4, 0.5) is 5.69 Å². The first kappa shape index (κ1) is 20.1. The number of hydrogen-bond donors (Lipinski definition) is 1. The van der Waals surface area contributed by atoms with Gasteiger partial charge in [-0.15, -0.1) is 0 Å². The molecule has 2 aromatic carbocycles. The van der Waals surface area contributed by atoms with E-state index in [0.717, 1.165) is 5.56 Å². The lowest BCUT2D eigenvalue weighted by atomic mass is 10.2. The number of rotatable bonds is 6. The molecule has 0 fully saturated rings. The maximum atomic E-state index is 12.2. The summed E-state index contributed by atoms with van der Waals surface area (Å²) in [4.78, 5) is 24.4. The smallest absolute Gasteiger partial charge is 0.347 e. The number of ether oxygens (including phenoxy) is 2. The van der Waals surface area contributed by atoms with Crippen molar-refractivity contribution >= 4 is 40.8 Å². The lowest BCUT2D eigenvalue weighted by molar-refractivity contribution is -0.159. The van der Waals surface area contributed by atoms with Gasteiger partial charge in [0.05, 0.1) is 15.7 Å². The predicted octanol–water partition coefficient (Wildman–Crippen LogP) is 4.64. The van der Waals surface area contributed by atoms with Crippen LogP contribution in [0.15, 0.2) is 42.5 Å². The summed E-state index contributed by atoms with van der Waals surface area (Å²) in [6, 6.07) is 12.1. The first-order valence-electron chi connectivity index (χ1n) is 7.96. The summed E-state index contributed by atoms with van der Waals surface area (Å²) < 4.78 is 10.7. The van der Waals surface area contributed by atoms with Crippen LogP contribution >= 0.6 is 23.2 Å². The molecule has 0 aliphatic rings. The first-order chi connectivity index (χ1) is 12.3. The van der Waals surface area contributed by atoms with Gasteiger partial charge in [0, 0.05) is 0 Å². The highest BCUT2D eigenvalue weighted by Gasteiger charge is 2.24. The van der Waals surface area contributed by atoms with Crippen LogP contribution in [0.1, 0.15) is 19.4 Å². The van der Waals surface area contributed by atoms with Gasteiger partial charge in [-0.05, 0) is 50.6 Å². The van der Waals surface area contributed by atoms with Gasteiger partial charge in [0.1, 0.15) is 5.75 Å². The minimum atomic E-state index is -1.04. The molecule has 5 nitrogen and oxygen atoms in total. The molecule has 0 aromatic heterocycles. The summed E-state index contributed by atoms with van der Waals surface area (Å²) in [6.45, 7) is 4.93. The van der Waals surface area contributed by atoms with Crippen LogP contribution in [0.5, 0.6) is 5.75 Å². The molecule has 2 aromatic rings. The molecule has 1 N–H and O–H groups in total. The number of carbonyl (C=O) groups excluding carboxylic acids is 2. The Morgan fingerprint density at radius 3 is 2.23 bits per heavy atom. The molecular formula is C19H19Cl2NO4. The molecule has 0 aliphatic heterocycles. The predicted molar refractivity (Wildman–Crippen MR) is 102 cm³/mol. The molecule has 0 bridgehead atoms. The fourth-order valence-corrected chi connectivity index (χ4v) is 2.60. The monoisotopic (exact) mass is 395 g/mol. The molecule has 0 aliphatic carbocycles. The van der Waals surface area contributed by atoms with E-state index in [4.69, 9.17) is 32.7 Å². The fraction of sp³-hybridized carbons (Fsp3) is 0.263. The minimum absolute atomic E-state index is 0.271. The minimum Gasteiger partial charge on any atom is -0.479 e. The number of nitrogens with one attached hydrogen (secondary N) is 1. The number of halogens is 2. The maximum absolute atomic E-state index is 12.2. The van der Waals surface area contributed by atoms with E-state index in [2.05, 4.69) is 5.32 Å². The number of hydrogen-bond acceptors (Lipinski definition) is 4. The Labute approximate surface area is 162 Å². The maximum Gasteiger partial charge on any atom is 0.347 e. The van der Waals surface area contributed by atoms with Crippen LogP contribution in [-0.2, 0) is 14.3 Å². The van der Waals surface area contributed by atoms with Crippen LogP contribution in [0.25, 0.3) is 0 Å². The fourth-order valence-electron chi connectivity index (χ4n) is 2.11. The summed E-state index contributed by atoms with van der Waals surface area (Å²) in [5, 5.41) is 3.14. The van der Waals surface area contributed by atoms with Gasteiger partial charge in [-0.3, -0.25) is 4.79 Å². The van der Waals surface area contributed by atoms with Crippen LogP contribution in [0, 0.1) is 6.92 Å². The van der Waals surface area contributed by atoms with E-state index in [1.807, 2.05) is 19.1 Å². The Morgan fingerprint density at radius 2 is 1.62 bits per heavy atom. The first-order valence-corrected chi connectivity index (χ1v) is 8.72. The van der Waals surface area contributed by atoms with E-state index in [-0.39, 0.29) is 5.69 Å². The van der Waals surface area contributed by atoms with Gasteiger partial charge in [0.25, 0.3) is 5.91 Å². The SMILES string of the molecule is Cc1cccc(O[C@@H](C)C(=O)O[C@@H](C)C(=O)Nc2c(Cl)cccc2Cl)c1. The number of carbonyl (C=O) groups is 2. The summed E-state index contributed by atoms with van der Waals surface area (Å²) >= 11 is 12.0. The van der Waals surface area contributed by atoms with E-state index >= 15 is 0 Å². The lowest BCUT2D eigenvalue weighted by Gasteiger charge is -2.18. The highest BCUT2D eigenvalue weighted by molar-refractivity contribution is 6.39. The molecule has 0 radical (unpaired) electrons. The zero-order valence-electron chi connectivity index (χ0n) is 14.6. The van der Waals surface area contributed by atoms with Gasteiger partial charge in [-0.25, -0.2) is 4.79 Å². The number of aryl methyl sites for hydroxylation is 1. The van der Waals surface area contributed by atoms with E-state index in [9.17, 15) is 9.59 Å². The van der Waals surface area contributed by atoms with Crippen LogP contribution < -0.4 is 10.1 Å². The van der Waals surface area contributed by atoms with E-state index < -0.39 is 24.1 Å². The van der Waals surface area contributed by atoms with Gasteiger partial charge in [0.15, 0.2) is 12.2 Å². The van der Waals surface area contributed by atoms with Gasteiger partial charge in [0.2, 0.25) is 0 Å². The van der Waals surface area contributed by atoms with Gasteiger partial charge < -0.3 is 14.8 Å². The Bertz CT molecular complexity index is 790. The van der Waals surface area contributed by atoms with Gasteiger partial charge >= 0.3 is 5.97 Å². The number of esters is 1. The van der Waals surface area contributed by atoms with Crippen molar-refractivity contribution in [1.82, 2.24) is 0 Å². The molecule has 0 saturated carbocycles. The largest absolute Gasteiger partial charge is 0.479 e. The summed E-state index contributed by atoms with van der Waals surface area (Å²) in [5.74, 6) is -0.648. The van der Waals surface area contributed by atoms with Crippen molar-refractivity contribution in [2.75, 3.05) is 5.32 Å². The quantitative estimate of drug-likeness (QED) is 0.723. The second kappa shape index (κ2) is 8.92. The Kier molecular flexibility index (Phi) is 6.89. The third-order valence-corrected chi connectivity index (χ3v) is 4.14. The number of para-hydroxylation sites is 1. The topological polar surface area (TPSA) is 64.6 Å². The van der Waals surface area contributed by atoms with Crippen LogP contribution in [-0.4, -0.2) is 24.1 Å². The second-order valence-corrected chi connectivity index (χ2v) is 6.56. The van der Waals surface area contributed by atoms with Gasteiger partial charge in [-0.1, -0.05) is 41.4 Å². The second-order valence-electron chi connectivity index (χ2n) is 5.74. The normalized spacial score (nSPS) is 12.8. The van der Waals surface area contributed by atoms with Crippen LogP contribution in [0.3, 0.4) is 0 Å². The molecule has 0 unspecified atom stereocenters. The van der Waals surface area contributed by atoms with E-state index in [1.54, 1.807) is 37.3 Å². The Balaban J connectivity index is 1.94. The van der Waals surface area contributed by atoms with Crippen molar-refractivity contribution in [1.29, 1.82) is 0 Å². The standard InChI is InChI=1S/C19H19Cl2NO4/c1-11-6-4-7-14(10-11)25-13(3)19(24)26-12(2)18(23)22-17-15(20)8-5-9-16(17)21/h4-10,12-13H,1-3H3,(H,22,23)/t12-,13-/m0/s1. The average Bonchev–Trinajstić information content (AvgIpc) is 2.58. The molecule has 0 spiro atoms. The molecule has 26 heavy (non-hydrogen) atoms. The number of amides is 1. The third-order valence-electron chi connectivity index (χ3n) is 3.51. The van der Waals surface area contributed by atoms with E-state index in [0.29, 0.717) is 15.8 Å². The van der Waals surface area contributed by atoms with Gasteiger partial charge in [-0.2, -0.15) is 0 Å². The third kappa shape index (κ3) is 5.38. The number of anilines is 1. The highest BCUT2D eigenvalue weighted by atomic mass is 35.5. The van der Waals surface area contributed by atoms with Crippen molar-refractivity contribution < 1.29 is 19.1 Å². The zero-order valence-corrected chi connectivity index (χ0v) is 16.1. The summed E-state index contributed by atoms with van der Waals surface area (Å²) in [7, 11) is 0. The molecule has 2 atom stereocenters. The Morgan fingerprint density at radius 1 is 1.00 bits per heavy atom. The molecule has 138 valence electrons. The molecule has 0 heterocycles. The van der Waals surface area contributed by atoms with Crippen molar-refractivity contribution in [3.8, 4) is 5.75 Å². The molecule has 1 amide bonds. The number of benzene rings is 2. The van der Waals surface area contributed by atoms with Crippen molar-refractivity contribution in [2.24, 2.45) is 0 Å². The summed E-state index contributed by atoms with van der Waals surface area (Å²) in [5.41, 5.74) is 1.28. The Hall–Kier alpha value is -2.24. The molecule has 0 saturated heterocycles. The molecule has 2 rings (SSSR count). The summed E-state index contributed by atoms with van der Waals surface area (Å²) in [6.07, 6.45) is -1.91. The zero-order chi connectivity index (χ0) is 19.3. The molecular weight excluding hydrogens is 377 g/mol.